The van der Waals surface area contributed by atoms with E-state index in [1.54, 1.807) is 6.07 Å². The molecule has 2 fully saturated rings. The fraction of sp³-hybridized carbons (Fsp3) is 0.465. The lowest BCUT2D eigenvalue weighted by Crippen LogP contribution is -2.54. The topological polar surface area (TPSA) is 198 Å². The molecule has 0 radical (unpaired) electrons. The number of imide groups is 2. The number of fused-ring (bicyclic) bond motifs is 2. The summed E-state index contributed by atoms with van der Waals surface area (Å²) in [6, 6.07) is 10.8. The van der Waals surface area contributed by atoms with Gasteiger partial charge < -0.3 is 25.2 Å². The van der Waals surface area contributed by atoms with Crippen LogP contribution in [0.2, 0.25) is 0 Å². The van der Waals surface area contributed by atoms with Crippen LogP contribution in [-0.4, -0.2) is 82.5 Å². The average Bonchev–Trinajstić information content (AvgIpc) is 3.41. The zero-order chi connectivity index (χ0) is 40.4. The molecule has 5 aliphatic rings. The molecule has 2 aliphatic carbocycles. The molecule has 300 valence electrons. The van der Waals surface area contributed by atoms with E-state index < -0.39 is 47.8 Å². The monoisotopic (exact) mass is 780 g/mol. The highest BCUT2D eigenvalue weighted by atomic mass is 16.6. The molecule has 6 unspecified atom stereocenters. The van der Waals surface area contributed by atoms with Crippen molar-refractivity contribution in [3.05, 3.63) is 88.5 Å². The van der Waals surface area contributed by atoms with Gasteiger partial charge in [-0.1, -0.05) is 62.4 Å². The molecule has 2 aromatic rings. The molecular formula is C43H48N4O10. The van der Waals surface area contributed by atoms with Crippen LogP contribution < -0.4 is 16.0 Å². The number of piperidine rings is 1. The molecular weight excluding hydrogens is 732 g/mol. The first-order valence-corrected chi connectivity index (χ1v) is 19.8. The maximum atomic E-state index is 13.4. The van der Waals surface area contributed by atoms with Crippen molar-refractivity contribution >= 4 is 47.3 Å². The Kier molecular flexibility index (Phi) is 11.7. The van der Waals surface area contributed by atoms with E-state index in [-0.39, 0.29) is 84.3 Å². The number of hydrogen-bond acceptors (Lipinski definition) is 10. The van der Waals surface area contributed by atoms with Crippen molar-refractivity contribution in [1.82, 2.24) is 15.5 Å². The van der Waals surface area contributed by atoms with Crippen LogP contribution >= 0.6 is 0 Å². The summed E-state index contributed by atoms with van der Waals surface area (Å²) in [5, 5.41) is 17.9. The Bertz CT molecular complexity index is 2030. The Balaban J connectivity index is 0.897. The summed E-state index contributed by atoms with van der Waals surface area (Å²) >= 11 is 0. The fourth-order valence-electron chi connectivity index (χ4n) is 8.95. The smallest absolute Gasteiger partial charge is 0.407 e. The molecule has 3 heterocycles. The fourth-order valence-corrected chi connectivity index (χ4v) is 8.95. The number of anilines is 1. The highest BCUT2D eigenvalue weighted by Gasteiger charge is 2.46. The van der Waals surface area contributed by atoms with Gasteiger partial charge in [-0.05, 0) is 78.7 Å². The van der Waals surface area contributed by atoms with Gasteiger partial charge in [-0.25, -0.2) is 4.79 Å². The van der Waals surface area contributed by atoms with Crippen molar-refractivity contribution in [1.29, 1.82) is 0 Å². The lowest BCUT2D eigenvalue weighted by molar-refractivity contribution is -0.160. The molecule has 6 amide bonds. The van der Waals surface area contributed by atoms with Crippen LogP contribution in [0.1, 0.15) is 90.6 Å². The molecule has 8 atom stereocenters. The van der Waals surface area contributed by atoms with Gasteiger partial charge in [0, 0.05) is 25.3 Å². The van der Waals surface area contributed by atoms with E-state index in [1.807, 2.05) is 24.3 Å². The molecule has 14 nitrogen and oxygen atoms in total. The number of hydrogen-bond donors (Lipinski definition) is 4. The summed E-state index contributed by atoms with van der Waals surface area (Å²) in [5.74, 6) is -2.64. The summed E-state index contributed by atoms with van der Waals surface area (Å²) in [6.45, 7) is 4.61. The summed E-state index contributed by atoms with van der Waals surface area (Å²) in [6.07, 6.45) is 7.93. The van der Waals surface area contributed by atoms with E-state index in [1.165, 1.54) is 12.1 Å². The van der Waals surface area contributed by atoms with Gasteiger partial charge in [0.05, 0.1) is 35.8 Å². The Hall–Kier alpha value is -5.63. The van der Waals surface area contributed by atoms with E-state index in [4.69, 9.17) is 9.47 Å². The number of benzene rings is 2. The minimum Gasteiger partial charge on any atom is -0.462 e. The number of amides is 6. The van der Waals surface area contributed by atoms with Gasteiger partial charge in [-0.3, -0.25) is 39.0 Å². The molecule has 57 heavy (non-hydrogen) atoms. The number of aliphatic hydroxyl groups is 1. The number of allylic oxidation sites excluding steroid dienone is 3. The van der Waals surface area contributed by atoms with Crippen molar-refractivity contribution in [2.45, 2.75) is 96.0 Å². The van der Waals surface area contributed by atoms with E-state index in [0.717, 1.165) is 22.5 Å². The van der Waals surface area contributed by atoms with Gasteiger partial charge >= 0.3 is 12.1 Å². The lowest BCUT2D eigenvalue weighted by atomic mass is 9.65. The van der Waals surface area contributed by atoms with Crippen LogP contribution in [0.15, 0.2) is 66.3 Å². The first kappa shape index (κ1) is 39.6. The molecule has 4 N–H and O–H groups in total. The van der Waals surface area contributed by atoms with Crippen molar-refractivity contribution < 1.29 is 48.1 Å². The summed E-state index contributed by atoms with van der Waals surface area (Å²) in [7, 11) is 0. The minimum absolute atomic E-state index is 0.00450. The molecule has 0 spiro atoms. The van der Waals surface area contributed by atoms with Crippen molar-refractivity contribution in [3.8, 4) is 0 Å². The predicted octanol–water partition coefficient (Wildman–Crippen LogP) is 4.16. The first-order chi connectivity index (χ1) is 27.3. The van der Waals surface area contributed by atoms with Crippen LogP contribution in [0.25, 0.3) is 0 Å². The van der Waals surface area contributed by atoms with E-state index in [0.29, 0.717) is 37.8 Å². The van der Waals surface area contributed by atoms with E-state index in [9.17, 15) is 38.7 Å². The largest absolute Gasteiger partial charge is 0.462 e. The number of rotatable bonds is 11. The number of ether oxygens (including phenoxy) is 2. The normalized spacial score (nSPS) is 28.2. The standard InChI is InChI=1S/C43H48N4O10/c1-23-18-27-11-6-24(2)30(13-12-29-21-28(48)22-37(51)56-29)38(27)34(19-23)57-43(55)44-17-16-25-7-9-26(10-8-25)20-36(50)45-32-5-3-4-31-39(32)42(54)47(41(31)53)33-14-15-35(49)46-40(33)52/h3-11,18,23-24,28-30,33-34,38,48H,12-17,19-22H2,1-2H3,(H,44,55)(H,45,50)(H,46,49,52)/t23?,24?,28-,29-,30?,33?,34?,38?/m1/s1. The van der Waals surface area contributed by atoms with Crippen LogP contribution in [0.5, 0.6) is 0 Å². The zero-order valence-electron chi connectivity index (χ0n) is 32.0. The van der Waals surface area contributed by atoms with Gasteiger partial charge in [-0.2, -0.15) is 0 Å². The number of esters is 1. The Morgan fingerprint density at radius 2 is 1.75 bits per heavy atom. The summed E-state index contributed by atoms with van der Waals surface area (Å²) < 4.78 is 11.6. The highest BCUT2D eigenvalue weighted by Crippen LogP contribution is 2.45. The van der Waals surface area contributed by atoms with E-state index in [2.05, 4.69) is 48.0 Å². The van der Waals surface area contributed by atoms with Crippen molar-refractivity contribution in [2.24, 2.45) is 23.7 Å². The molecule has 2 saturated heterocycles. The van der Waals surface area contributed by atoms with E-state index >= 15 is 0 Å². The summed E-state index contributed by atoms with van der Waals surface area (Å²) in [4.78, 5) is 89.6. The van der Waals surface area contributed by atoms with Crippen molar-refractivity contribution in [2.75, 3.05) is 11.9 Å². The highest BCUT2D eigenvalue weighted by molar-refractivity contribution is 6.26. The van der Waals surface area contributed by atoms with Gasteiger partial charge in [0.25, 0.3) is 11.8 Å². The number of carbonyl (C=O) groups excluding carboxylic acids is 7. The maximum Gasteiger partial charge on any atom is 0.407 e. The predicted molar refractivity (Wildman–Crippen MR) is 205 cm³/mol. The number of carbonyl (C=O) groups is 7. The van der Waals surface area contributed by atoms with Crippen LogP contribution in [0.3, 0.4) is 0 Å². The van der Waals surface area contributed by atoms with Crippen LogP contribution in [-0.2, 0) is 41.5 Å². The third-order valence-corrected chi connectivity index (χ3v) is 11.7. The zero-order valence-corrected chi connectivity index (χ0v) is 32.0. The second kappa shape index (κ2) is 16.8. The van der Waals surface area contributed by atoms with Gasteiger partial charge in [0.2, 0.25) is 17.7 Å². The number of alkyl carbamates (subject to hydrolysis) is 1. The molecule has 14 heteroatoms. The SMILES string of the molecule is CC1C=C2C=CC(C)C(CC[C@@H]3C[C@@H](O)CC(=O)O3)C2C(OC(=O)NCCc2ccc(CC(=O)Nc3cccc4c3C(=O)N(C3CCC(=O)NC3=O)C4=O)cc2)C1. The molecule has 3 aliphatic heterocycles. The molecule has 0 saturated carbocycles. The molecule has 7 rings (SSSR count). The van der Waals surface area contributed by atoms with Gasteiger partial charge in [-0.15, -0.1) is 0 Å². The quantitative estimate of drug-likeness (QED) is 0.190. The van der Waals surface area contributed by atoms with Crippen LogP contribution in [0.4, 0.5) is 10.5 Å². The number of aliphatic hydroxyl groups excluding tert-OH is 1. The molecule has 0 bridgehead atoms. The van der Waals surface area contributed by atoms with Crippen molar-refractivity contribution in [3.63, 3.8) is 0 Å². The van der Waals surface area contributed by atoms with Crippen LogP contribution in [0, 0.1) is 23.7 Å². The molecule has 0 aromatic heterocycles. The summed E-state index contributed by atoms with van der Waals surface area (Å²) in [5.41, 5.74) is 3.05. The van der Waals surface area contributed by atoms with Gasteiger partial charge in [0.15, 0.2) is 0 Å². The minimum atomic E-state index is -1.11. The lowest BCUT2D eigenvalue weighted by Gasteiger charge is -2.43. The van der Waals surface area contributed by atoms with Gasteiger partial charge in [0.1, 0.15) is 18.2 Å². The molecule has 2 aromatic carbocycles. The third kappa shape index (κ3) is 8.85. The Morgan fingerprint density at radius 3 is 2.51 bits per heavy atom. The average molecular weight is 781 g/mol. The Morgan fingerprint density at radius 1 is 0.982 bits per heavy atom. The maximum absolute atomic E-state index is 13.4. The number of nitrogens with zero attached hydrogens (tertiary/aromatic N) is 1. The number of nitrogens with one attached hydrogen (secondary N) is 3. The second-order valence-corrected chi connectivity index (χ2v) is 15.9. The number of cyclic esters (lactones) is 1. The first-order valence-electron chi connectivity index (χ1n) is 19.8. The second-order valence-electron chi connectivity index (χ2n) is 15.9. The Labute approximate surface area is 330 Å². The third-order valence-electron chi connectivity index (χ3n) is 11.7.